The number of nitrogens with one attached hydrogen (secondary N) is 1. The lowest BCUT2D eigenvalue weighted by Gasteiger charge is -2.25. The van der Waals surface area contributed by atoms with Gasteiger partial charge >= 0.3 is 0 Å². The number of carbonyl (C=O) groups excluding carboxylic acids is 1. The molecule has 1 amide bonds. The van der Waals surface area contributed by atoms with Crippen LogP contribution in [0.5, 0.6) is 0 Å². The lowest BCUT2D eigenvalue weighted by atomic mass is 10.0. The maximum Gasteiger partial charge on any atom is 0.223 e. The highest BCUT2D eigenvalue weighted by Crippen LogP contribution is 2.44. The summed E-state index contributed by atoms with van der Waals surface area (Å²) in [5.41, 5.74) is 12.9. The smallest absolute Gasteiger partial charge is 0.223 e. The highest BCUT2D eigenvalue weighted by Gasteiger charge is 2.29. The third kappa shape index (κ3) is 7.06. The first-order chi connectivity index (χ1) is 23.3. The number of carbonyl (C=O) groups is 1. The second-order valence-electron chi connectivity index (χ2n) is 11.8. The summed E-state index contributed by atoms with van der Waals surface area (Å²) in [5.74, 6) is 2.26. The minimum absolute atomic E-state index is 0.129. The van der Waals surface area contributed by atoms with E-state index < -0.39 is 0 Å². The molecule has 4 N–H and O–H groups in total. The van der Waals surface area contributed by atoms with Crippen molar-refractivity contribution in [3.8, 4) is 21.9 Å². The Morgan fingerprint density at radius 1 is 0.938 bits per heavy atom. The third-order valence-electron chi connectivity index (χ3n) is 8.66. The topological polar surface area (TPSA) is 121 Å². The van der Waals surface area contributed by atoms with Crippen molar-refractivity contribution in [3.63, 3.8) is 0 Å². The van der Waals surface area contributed by atoms with Crippen molar-refractivity contribution in [2.75, 3.05) is 43.8 Å². The zero-order valence-electron chi connectivity index (χ0n) is 28.0. The fourth-order valence-corrected chi connectivity index (χ4v) is 8.50. The van der Waals surface area contributed by atoms with Crippen molar-refractivity contribution in [3.05, 3.63) is 76.4 Å². The van der Waals surface area contributed by atoms with Crippen LogP contribution in [0.25, 0.3) is 43.1 Å². The van der Waals surface area contributed by atoms with Crippen molar-refractivity contribution in [1.82, 2.24) is 14.8 Å². The van der Waals surface area contributed by atoms with Crippen molar-refractivity contribution >= 4 is 60.7 Å². The van der Waals surface area contributed by atoms with Crippen LogP contribution in [-0.4, -0.2) is 58.6 Å². The van der Waals surface area contributed by atoms with Gasteiger partial charge in [0.2, 0.25) is 11.8 Å². The number of nitrogens with zero attached hydrogens (tertiary/aromatic N) is 3. The molecule has 6 aromatic rings. The second kappa shape index (κ2) is 15.0. The number of furan rings is 2. The number of anilines is 2. The number of aliphatic hydroxyl groups is 1. The summed E-state index contributed by atoms with van der Waals surface area (Å²) in [6.07, 6.45) is 1.97. The molecule has 0 radical (unpaired) electrons. The number of para-hydroxylation sites is 2. The van der Waals surface area contributed by atoms with Crippen LogP contribution < -0.4 is 11.1 Å². The molecule has 0 aliphatic carbocycles. The number of rotatable bonds is 5. The van der Waals surface area contributed by atoms with Crippen LogP contribution in [-0.2, 0) is 30.7 Å². The van der Waals surface area contributed by atoms with Gasteiger partial charge in [0.1, 0.15) is 22.1 Å². The van der Waals surface area contributed by atoms with E-state index in [1.807, 2.05) is 36.4 Å². The monoisotopic (exact) mass is 685 g/mol. The molecule has 0 saturated carbocycles. The third-order valence-corrected chi connectivity index (χ3v) is 10.8. The van der Waals surface area contributed by atoms with Gasteiger partial charge < -0.3 is 19.7 Å². The molecule has 2 aromatic carbocycles. The second-order valence-corrected chi connectivity index (χ2v) is 14.0. The van der Waals surface area contributed by atoms with E-state index in [-0.39, 0.29) is 12.5 Å². The number of thiophene rings is 1. The minimum atomic E-state index is -0.129. The van der Waals surface area contributed by atoms with Gasteiger partial charge in [-0.2, -0.15) is 0 Å². The van der Waals surface area contributed by atoms with Crippen LogP contribution in [0.4, 0.5) is 10.9 Å². The zero-order chi connectivity index (χ0) is 33.8. The average Bonchev–Trinajstić information content (AvgIpc) is 3.85. The molecule has 0 fully saturated rings. The average molecular weight is 686 g/mol. The zero-order valence-corrected chi connectivity index (χ0v) is 29.6. The van der Waals surface area contributed by atoms with E-state index >= 15 is 0 Å². The molecule has 0 unspecified atom stereocenters. The van der Waals surface area contributed by atoms with Gasteiger partial charge in [-0.25, -0.2) is 4.98 Å². The maximum absolute atomic E-state index is 11.6. The van der Waals surface area contributed by atoms with Crippen LogP contribution in [0.3, 0.4) is 0 Å². The number of thiazole rings is 1. The van der Waals surface area contributed by atoms with Crippen LogP contribution in [0, 0.1) is 0 Å². The largest absolute Gasteiger partial charge is 0.456 e. The van der Waals surface area contributed by atoms with Crippen molar-refractivity contribution in [2.45, 2.75) is 53.6 Å². The summed E-state index contributed by atoms with van der Waals surface area (Å²) in [6.45, 7) is 13.8. The van der Waals surface area contributed by atoms with Crippen molar-refractivity contribution in [1.29, 1.82) is 0 Å². The molecule has 2 aliphatic heterocycles. The summed E-state index contributed by atoms with van der Waals surface area (Å²) in [5, 5.41) is 13.4. The van der Waals surface area contributed by atoms with E-state index in [1.54, 1.807) is 29.6 Å². The molecular formula is C37H43N5O4S2. The predicted molar refractivity (Wildman–Crippen MR) is 198 cm³/mol. The van der Waals surface area contributed by atoms with E-state index in [1.165, 1.54) is 22.9 Å². The number of hydrogen-bond donors (Lipinski definition) is 3. The SMILES string of the molecule is CCN1CCc2c(oc(NC(C)=O)c2-c2nc3ccccc3s2)C1.CCN1CCc2c(sc(N)c2-c2cc3ccccc3o2)C1.CCO. The van der Waals surface area contributed by atoms with E-state index in [0.717, 1.165) is 106 Å². The highest BCUT2D eigenvalue weighted by molar-refractivity contribution is 7.21. The van der Waals surface area contributed by atoms with Gasteiger partial charge in [-0.05, 0) is 62.7 Å². The Balaban J connectivity index is 0.000000156. The fourth-order valence-electron chi connectivity index (χ4n) is 6.30. The Morgan fingerprint density at radius 3 is 2.33 bits per heavy atom. The number of nitrogen functional groups attached to an aromatic ring is 1. The summed E-state index contributed by atoms with van der Waals surface area (Å²) >= 11 is 3.36. The Labute approximate surface area is 289 Å². The number of likely N-dealkylation sites (N-methyl/N-ethyl adjacent to an activating group) is 2. The molecule has 9 nitrogen and oxygen atoms in total. The van der Waals surface area contributed by atoms with E-state index in [0.29, 0.717) is 5.88 Å². The molecule has 0 spiro atoms. The molecule has 2 aliphatic rings. The van der Waals surface area contributed by atoms with Gasteiger partial charge in [0.15, 0.2) is 0 Å². The Bertz CT molecular complexity index is 1960. The fraction of sp³-hybridized carbons (Fsp3) is 0.351. The quantitative estimate of drug-likeness (QED) is 0.167. The van der Waals surface area contributed by atoms with Crippen LogP contribution in [0.1, 0.15) is 49.5 Å². The first kappa shape index (κ1) is 33.9. The van der Waals surface area contributed by atoms with Crippen LogP contribution in [0.2, 0.25) is 0 Å². The lowest BCUT2D eigenvalue weighted by Crippen LogP contribution is -2.29. The Morgan fingerprint density at radius 2 is 1.62 bits per heavy atom. The molecule has 8 rings (SSSR count). The number of hydrogen-bond acceptors (Lipinski definition) is 10. The van der Waals surface area contributed by atoms with E-state index in [9.17, 15) is 4.79 Å². The number of aliphatic hydroxyl groups excluding tert-OH is 1. The number of benzene rings is 2. The summed E-state index contributed by atoms with van der Waals surface area (Å²) in [6, 6.07) is 18.3. The molecule has 0 atom stereocenters. The van der Waals surface area contributed by atoms with E-state index in [2.05, 4.69) is 47.2 Å². The van der Waals surface area contributed by atoms with Gasteiger partial charge in [0.25, 0.3) is 0 Å². The molecule has 6 heterocycles. The number of nitrogens with two attached hydrogens (primary N) is 1. The molecular weight excluding hydrogens is 643 g/mol. The first-order valence-corrected chi connectivity index (χ1v) is 18.2. The lowest BCUT2D eigenvalue weighted by molar-refractivity contribution is -0.114. The van der Waals surface area contributed by atoms with Gasteiger partial charge in [0, 0.05) is 49.0 Å². The predicted octanol–water partition coefficient (Wildman–Crippen LogP) is 8.01. The van der Waals surface area contributed by atoms with Gasteiger partial charge in [-0.3, -0.25) is 19.9 Å². The van der Waals surface area contributed by atoms with Gasteiger partial charge in [-0.1, -0.05) is 44.2 Å². The highest BCUT2D eigenvalue weighted by atomic mass is 32.1. The number of aromatic nitrogens is 1. The molecule has 0 saturated heterocycles. The normalized spacial score (nSPS) is 14.5. The molecule has 4 aromatic heterocycles. The van der Waals surface area contributed by atoms with Crippen LogP contribution >= 0.6 is 22.7 Å². The molecule has 252 valence electrons. The summed E-state index contributed by atoms with van der Waals surface area (Å²) in [4.78, 5) is 22.6. The Kier molecular flexibility index (Phi) is 10.6. The molecule has 11 heteroatoms. The Hall–Kier alpha value is -4.00. The van der Waals surface area contributed by atoms with Crippen LogP contribution in [0.15, 0.2) is 63.4 Å². The van der Waals surface area contributed by atoms with Crippen molar-refractivity contribution in [2.24, 2.45) is 0 Å². The molecule has 0 bridgehead atoms. The van der Waals surface area contributed by atoms with Crippen molar-refractivity contribution < 1.29 is 18.7 Å². The van der Waals surface area contributed by atoms with E-state index in [4.69, 9.17) is 24.7 Å². The summed E-state index contributed by atoms with van der Waals surface area (Å²) in [7, 11) is 0. The maximum atomic E-state index is 11.6. The van der Waals surface area contributed by atoms with Gasteiger partial charge in [0.05, 0.1) is 32.9 Å². The summed E-state index contributed by atoms with van der Waals surface area (Å²) < 4.78 is 13.2. The molecule has 48 heavy (non-hydrogen) atoms. The number of fused-ring (bicyclic) bond motifs is 4. The number of amides is 1. The minimum Gasteiger partial charge on any atom is -0.456 e. The van der Waals surface area contributed by atoms with Gasteiger partial charge in [-0.15, -0.1) is 22.7 Å². The standard InChI is InChI=1S/C18H19N3O2S.C17H18N2OS.C2H6O/c1-3-21-9-8-12-14(10-21)23-17(19-11(2)22)16(12)18-20-13-6-4-5-7-15(13)24-18;1-2-19-8-7-12-15(10-19)21-17(18)16(12)14-9-11-5-3-4-6-13(11)20-14;1-2-3/h4-7H,3,8-10H2,1-2H3,(H,19,22);3-6,9H,2,7-8,10,18H2,1H3;3H,2H2,1H3. The first-order valence-electron chi connectivity index (χ1n) is 16.6.